The minimum atomic E-state index is -0.215. The van der Waals surface area contributed by atoms with Crippen molar-refractivity contribution in [1.82, 2.24) is 15.0 Å². The summed E-state index contributed by atoms with van der Waals surface area (Å²) in [6.45, 7) is 2.42. The number of amides is 1. The van der Waals surface area contributed by atoms with E-state index in [1.165, 1.54) is 0 Å². The summed E-state index contributed by atoms with van der Waals surface area (Å²) >= 11 is 4.59. The molecule has 2 aromatic heterocycles. The van der Waals surface area contributed by atoms with Gasteiger partial charge in [0, 0.05) is 41.1 Å². The average molecular weight is 453 g/mol. The number of hydrogen-bond acceptors (Lipinski definition) is 7. The monoisotopic (exact) mass is 452 g/mol. The molecule has 0 radical (unpaired) electrons. The van der Waals surface area contributed by atoms with E-state index in [1.807, 2.05) is 55.5 Å². The van der Waals surface area contributed by atoms with Crippen LogP contribution in [0.15, 0.2) is 84.2 Å². The molecule has 2 aromatic carbocycles. The molecule has 0 saturated carbocycles. The molecular formula is C25H20N6OS. The van der Waals surface area contributed by atoms with E-state index in [-0.39, 0.29) is 5.91 Å². The highest BCUT2D eigenvalue weighted by Gasteiger charge is 2.10. The maximum Gasteiger partial charge on any atom is 0.255 e. The van der Waals surface area contributed by atoms with Gasteiger partial charge in [-0.25, -0.2) is 15.0 Å². The Morgan fingerprint density at radius 3 is 2.70 bits per heavy atom. The summed E-state index contributed by atoms with van der Waals surface area (Å²) in [5, 5.41) is 8.48. The molecule has 0 saturated heterocycles. The lowest BCUT2D eigenvalue weighted by Crippen LogP contribution is -2.12. The number of rotatable bonds is 7. The molecule has 4 rings (SSSR count). The van der Waals surface area contributed by atoms with Gasteiger partial charge in [0.2, 0.25) is 5.95 Å². The molecule has 0 aliphatic carbocycles. The Labute approximate surface area is 196 Å². The Balaban J connectivity index is 1.50. The first-order valence-corrected chi connectivity index (χ1v) is 10.6. The summed E-state index contributed by atoms with van der Waals surface area (Å²) in [6, 6.07) is 18.5. The Hall–Kier alpha value is -4.26. The van der Waals surface area contributed by atoms with Gasteiger partial charge in [0.05, 0.1) is 17.4 Å². The van der Waals surface area contributed by atoms with Gasteiger partial charge in [0.25, 0.3) is 5.91 Å². The molecule has 0 aliphatic rings. The van der Waals surface area contributed by atoms with Gasteiger partial charge >= 0.3 is 0 Å². The highest BCUT2D eigenvalue weighted by molar-refractivity contribution is 7.78. The Kier molecular flexibility index (Phi) is 6.90. The van der Waals surface area contributed by atoms with Crippen LogP contribution in [0.5, 0.6) is 0 Å². The third-order valence-electron chi connectivity index (χ3n) is 4.90. The van der Waals surface area contributed by atoms with Crippen LogP contribution in [0.3, 0.4) is 0 Å². The van der Waals surface area contributed by atoms with Crippen molar-refractivity contribution >= 4 is 40.6 Å². The van der Waals surface area contributed by atoms with Crippen molar-refractivity contribution in [2.24, 2.45) is 4.99 Å². The third kappa shape index (κ3) is 5.71. The molecule has 162 valence electrons. The predicted octanol–water partition coefficient (Wildman–Crippen LogP) is 5.45. The summed E-state index contributed by atoms with van der Waals surface area (Å²) in [5.74, 6) is 0.222. The molecule has 8 heteroatoms. The Morgan fingerprint density at radius 2 is 1.94 bits per heavy atom. The maximum atomic E-state index is 12.8. The fourth-order valence-electron chi connectivity index (χ4n) is 3.13. The number of thiocarbonyl (C=S) groups is 1. The van der Waals surface area contributed by atoms with Gasteiger partial charge in [-0.15, -0.1) is 0 Å². The lowest BCUT2D eigenvalue weighted by Gasteiger charge is -2.12. The first kappa shape index (κ1) is 22.0. The first-order valence-electron chi connectivity index (χ1n) is 10.2. The van der Waals surface area contributed by atoms with Gasteiger partial charge in [-0.1, -0.05) is 18.2 Å². The quantitative estimate of drug-likeness (QED) is 0.286. The fourth-order valence-corrected chi connectivity index (χ4v) is 3.20. The number of aliphatic imine (C=N–C) groups is 1. The zero-order chi connectivity index (χ0) is 23.0. The van der Waals surface area contributed by atoms with Crippen molar-refractivity contribution in [2.75, 3.05) is 10.6 Å². The molecule has 0 unspecified atom stereocenters. The van der Waals surface area contributed by atoms with E-state index in [0.29, 0.717) is 23.7 Å². The summed E-state index contributed by atoms with van der Waals surface area (Å²) < 4.78 is 0. The topological polar surface area (TPSA) is 92.2 Å². The van der Waals surface area contributed by atoms with Crippen LogP contribution in [0, 0.1) is 6.92 Å². The second kappa shape index (κ2) is 10.4. The molecule has 0 bridgehead atoms. The number of pyridine rings is 1. The fraction of sp³-hybridized carbons (Fsp3) is 0.0800. The van der Waals surface area contributed by atoms with Crippen molar-refractivity contribution in [3.8, 4) is 11.3 Å². The van der Waals surface area contributed by atoms with Crippen molar-refractivity contribution in [3.63, 3.8) is 0 Å². The number of carbonyl (C=O) groups is 1. The van der Waals surface area contributed by atoms with Crippen LogP contribution in [-0.4, -0.2) is 26.0 Å². The van der Waals surface area contributed by atoms with E-state index in [4.69, 9.17) is 0 Å². The lowest BCUT2D eigenvalue weighted by atomic mass is 10.1. The SMILES string of the molecule is Cc1ccc(C(=O)Nc2ccc(CN=C=S)cc2)cc1Nc1nccc(-c2cccnc2)n1. The van der Waals surface area contributed by atoms with Crippen LogP contribution >= 0.6 is 12.2 Å². The molecule has 0 spiro atoms. The average Bonchev–Trinajstić information content (AvgIpc) is 2.85. The molecule has 2 heterocycles. The van der Waals surface area contributed by atoms with Crippen LogP contribution < -0.4 is 10.6 Å². The minimum Gasteiger partial charge on any atom is -0.324 e. The minimum absolute atomic E-state index is 0.215. The van der Waals surface area contributed by atoms with Crippen molar-refractivity contribution < 1.29 is 4.79 Å². The van der Waals surface area contributed by atoms with Gasteiger partial charge in [-0.2, -0.15) is 0 Å². The summed E-state index contributed by atoms with van der Waals surface area (Å²) in [6.07, 6.45) is 5.15. The van der Waals surface area contributed by atoms with Crippen LogP contribution in [0.2, 0.25) is 0 Å². The standard InChI is InChI=1S/C25H20N6OS/c1-17-4-7-19(24(32)29-21-8-5-18(6-9-21)14-27-16-33)13-23(17)31-25-28-12-10-22(30-25)20-3-2-11-26-15-20/h2-13,15H,14H2,1H3,(H,29,32)(H,28,30,31). The van der Waals surface area contributed by atoms with Gasteiger partial charge in [0.1, 0.15) is 0 Å². The van der Waals surface area contributed by atoms with Gasteiger partial charge in [0.15, 0.2) is 0 Å². The molecule has 7 nitrogen and oxygen atoms in total. The number of isothiocyanates is 1. The molecule has 2 N–H and O–H groups in total. The summed E-state index contributed by atoms with van der Waals surface area (Å²) in [5.41, 5.74) is 5.56. The number of carbonyl (C=O) groups excluding carboxylic acids is 1. The van der Waals surface area contributed by atoms with E-state index in [9.17, 15) is 4.79 Å². The summed E-state index contributed by atoms with van der Waals surface area (Å²) in [4.78, 5) is 29.7. The smallest absolute Gasteiger partial charge is 0.255 e. The van der Waals surface area contributed by atoms with Gasteiger partial charge < -0.3 is 10.6 Å². The number of hydrogen-bond donors (Lipinski definition) is 2. The zero-order valence-corrected chi connectivity index (χ0v) is 18.6. The molecule has 33 heavy (non-hydrogen) atoms. The molecule has 1 amide bonds. The number of aromatic nitrogens is 3. The van der Waals surface area contributed by atoms with Crippen molar-refractivity contribution in [3.05, 3.63) is 95.9 Å². The predicted molar refractivity (Wildman–Crippen MR) is 133 cm³/mol. The molecule has 0 aliphatic heterocycles. The highest BCUT2D eigenvalue weighted by atomic mass is 32.1. The molecule has 0 fully saturated rings. The first-order chi connectivity index (χ1) is 16.1. The van der Waals surface area contributed by atoms with Gasteiger partial charge in [-0.05, 0) is 72.7 Å². The van der Waals surface area contributed by atoms with E-state index < -0.39 is 0 Å². The van der Waals surface area contributed by atoms with Crippen LogP contribution in [0.4, 0.5) is 17.3 Å². The highest BCUT2D eigenvalue weighted by Crippen LogP contribution is 2.23. The van der Waals surface area contributed by atoms with Crippen molar-refractivity contribution in [2.45, 2.75) is 13.5 Å². The normalized spacial score (nSPS) is 10.2. The number of aryl methyl sites for hydroxylation is 1. The van der Waals surface area contributed by atoms with E-state index in [2.05, 4.69) is 48.0 Å². The third-order valence-corrected chi connectivity index (χ3v) is 5.03. The van der Waals surface area contributed by atoms with Crippen molar-refractivity contribution in [1.29, 1.82) is 0 Å². The van der Waals surface area contributed by atoms with E-state index in [1.54, 1.807) is 30.7 Å². The van der Waals surface area contributed by atoms with E-state index >= 15 is 0 Å². The summed E-state index contributed by atoms with van der Waals surface area (Å²) in [7, 11) is 0. The number of nitrogens with one attached hydrogen (secondary N) is 2. The zero-order valence-electron chi connectivity index (χ0n) is 17.8. The molecule has 0 atom stereocenters. The largest absolute Gasteiger partial charge is 0.324 e. The molecular weight excluding hydrogens is 432 g/mol. The lowest BCUT2D eigenvalue weighted by molar-refractivity contribution is 0.102. The van der Waals surface area contributed by atoms with Crippen LogP contribution in [0.25, 0.3) is 11.3 Å². The maximum absolute atomic E-state index is 12.8. The van der Waals surface area contributed by atoms with Crippen LogP contribution in [-0.2, 0) is 6.54 Å². The second-order valence-electron chi connectivity index (χ2n) is 7.22. The molecule has 4 aromatic rings. The van der Waals surface area contributed by atoms with E-state index in [0.717, 1.165) is 28.1 Å². The number of nitrogens with zero attached hydrogens (tertiary/aromatic N) is 4. The second-order valence-corrected chi connectivity index (χ2v) is 7.40. The number of benzene rings is 2. The number of anilines is 3. The Morgan fingerprint density at radius 1 is 1.09 bits per heavy atom. The van der Waals surface area contributed by atoms with Gasteiger partial charge in [-0.3, -0.25) is 9.78 Å². The van der Waals surface area contributed by atoms with Crippen LogP contribution in [0.1, 0.15) is 21.5 Å². The Bertz CT molecular complexity index is 1320.